The summed E-state index contributed by atoms with van der Waals surface area (Å²) < 4.78 is 88.1. The number of rotatable bonds is 4. The van der Waals surface area contributed by atoms with E-state index >= 15 is 0 Å². The number of halogens is 4. The zero-order chi connectivity index (χ0) is 19.0. The molecular weight excluding hydrogens is 403 g/mol. The van der Waals surface area contributed by atoms with Crippen molar-refractivity contribution in [3.05, 3.63) is 53.1 Å². The molecule has 2 aromatic rings. The van der Waals surface area contributed by atoms with Crippen LogP contribution in [-0.4, -0.2) is 23.1 Å². The Morgan fingerprint density at radius 2 is 1.56 bits per heavy atom. The van der Waals surface area contributed by atoms with Crippen LogP contribution in [0.15, 0.2) is 52.3 Å². The van der Waals surface area contributed by atoms with Gasteiger partial charge in [-0.05, 0) is 36.4 Å². The predicted molar refractivity (Wildman–Crippen MR) is 86.8 cm³/mol. The number of anilines is 1. The van der Waals surface area contributed by atoms with E-state index in [0.29, 0.717) is 6.07 Å². The third kappa shape index (κ3) is 4.65. The molecule has 0 aliphatic rings. The Hall–Kier alpha value is -1.78. The molecule has 25 heavy (non-hydrogen) atoms. The second kappa shape index (κ2) is 6.50. The fourth-order valence-corrected chi connectivity index (χ4v) is 3.95. The van der Waals surface area contributed by atoms with E-state index in [2.05, 4.69) is 0 Å². The summed E-state index contributed by atoms with van der Waals surface area (Å²) in [6, 6.07) is 6.99. The third-order valence-corrected chi connectivity index (χ3v) is 5.89. The molecule has 0 heterocycles. The van der Waals surface area contributed by atoms with Crippen LogP contribution in [0.5, 0.6) is 0 Å². The SMILES string of the molecule is CS(=O)(=O)c1cccc(S(=O)(=O)Nc2ccc(Cl)c(C(F)(F)F)c2)c1. The van der Waals surface area contributed by atoms with Crippen LogP contribution in [0.1, 0.15) is 5.56 Å². The van der Waals surface area contributed by atoms with E-state index in [9.17, 15) is 30.0 Å². The van der Waals surface area contributed by atoms with Crippen LogP contribution in [0.2, 0.25) is 5.02 Å². The molecule has 0 aromatic heterocycles. The van der Waals surface area contributed by atoms with Crippen LogP contribution in [-0.2, 0) is 26.0 Å². The first kappa shape index (κ1) is 19.5. The number of alkyl halides is 3. The lowest BCUT2D eigenvalue weighted by atomic mass is 10.2. The highest BCUT2D eigenvalue weighted by Gasteiger charge is 2.33. The molecule has 0 fully saturated rings. The van der Waals surface area contributed by atoms with Gasteiger partial charge in [0.1, 0.15) is 0 Å². The van der Waals surface area contributed by atoms with E-state index in [1.54, 1.807) is 0 Å². The summed E-state index contributed by atoms with van der Waals surface area (Å²) in [6.07, 6.45) is -3.85. The number of benzene rings is 2. The minimum Gasteiger partial charge on any atom is -0.280 e. The highest BCUT2D eigenvalue weighted by Crippen LogP contribution is 2.36. The van der Waals surface area contributed by atoms with Gasteiger partial charge in [0, 0.05) is 11.9 Å². The van der Waals surface area contributed by atoms with Gasteiger partial charge >= 0.3 is 6.18 Å². The second-order valence-corrected chi connectivity index (χ2v) is 9.15. The van der Waals surface area contributed by atoms with Gasteiger partial charge in [-0.1, -0.05) is 17.7 Å². The van der Waals surface area contributed by atoms with Crippen LogP contribution in [0.4, 0.5) is 18.9 Å². The minimum absolute atomic E-state index is 0.234. The van der Waals surface area contributed by atoms with Gasteiger partial charge in [-0.25, -0.2) is 16.8 Å². The number of sulfonamides is 1. The first-order chi connectivity index (χ1) is 11.3. The van der Waals surface area contributed by atoms with E-state index < -0.39 is 41.5 Å². The molecule has 2 rings (SSSR count). The van der Waals surface area contributed by atoms with Gasteiger partial charge in [0.2, 0.25) is 0 Å². The maximum Gasteiger partial charge on any atom is 0.417 e. The van der Waals surface area contributed by atoms with Crippen molar-refractivity contribution in [2.24, 2.45) is 0 Å². The molecule has 1 N–H and O–H groups in total. The van der Waals surface area contributed by atoms with Crippen LogP contribution >= 0.6 is 11.6 Å². The van der Waals surface area contributed by atoms with Gasteiger partial charge in [0.25, 0.3) is 10.0 Å². The zero-order valence-electron chi connectivity index (χ0n) is 12.5. The fourth-order valence-electron chi connectivity index (χ4n) is 1.89. The first-order valence-electron chi connectivity index (χ1n) is 6.50. The Balaban J connectivity index is 2.44. The average molecular weight is 414 g/mol. The van der Waals surface area contributed by atoms with Crippen molar-refractivity contribution in [3.63, 3.8) is 0 Å². The average Bonchev–Trinajstić information content (AvgIpc) is 2.47. The monoisotopic (exact) mass is 413 g/mol. The second-order valence-electron chi connectivity index (χ2n) is 5.04. The molecule has 11 heteroatoms. The lowest BCUT2D eigenvalue weighted by Crippen LogP contribution is -2.15. The van der Waals surface area contributed by atoms with Crippen molar-refractivity contribution in [1.29, 1.82) is 0 Å². The van der Waals surface area contributed by atoms with Crippen molar-refractivity contribution >= 4 is 37.1 Å². The van der Waals surface area contributed by atoms with Crippen molar-refractivity contribution in [2.45, 2.75) is 16.0 Å². The molecule has 0 saturated heterocycles. The van der Waals surface area contributed by atoms with Gasteiger partial charge in [-0.15, -0.1) is 0 Å². The molecule has 0 unspecified atom stereocenters. The molecule has 0 amide bonds. The zero-order valence-corrected chi connectivity index (χ0v) is 14.9. The van der Waals surface area contributed by atoms with Crippen LogP contribution < -0.4 is 4.72 Å². The highest BCUT2D eigenvalue weighted by atomic mass is 35.5. The minimum atomic E-state index is -4.76. The van der Waals surface area contributed by atoms with E-state index in [4.69, 9.17) is 11.6 Å². The van der Waals surface area contributed by atoms with E-state index in [-0.39, 0.29) is 10.6 Å². The summed E-state index contributed by atoms with van der Waals surface area (Å²) in [4.78, 5) is -0.638. The summed E-state index contributed by atoms with van der Waals surface area (Å²) in [6.45, 7) is 0. The number of hydrogen-bond acceptors (Lipinski definition) is 4. The number of sulfone groups is 1. The summed E-state index contributed by atoms with van der Waals surface area (Å²) in [5.41, 5.74) is -1.55. The van der Waals surface area contributed by atoms with Crippen molar-refractivity contribution in [2.75, 3.05) is 11.0 Å². The van der Waals surface area contributed by atoms with E-state index in [1.807, 2.05) is 4.72 Å². The standard InChI is InChI=1S/C14H11ClF3NO4S2/c1-24(20,21)10-3-2-4-11(8-10)25(22,23)19-9-5-6-13(15)12(7-9)14(16,17)18/h2-8,19H,1H3. The molecule has 0 aliphatic carbocycles. The maximum atomic E-state index is 12.8. The Morgan fingerprint density at radius 3 is 2.12 bits per heavy atom. The van der Waals surface area contributed by atoms with Crippen LogP contribution in [0, 0.1) is 0 Å². The van der Waals surface area contributed by atoms with Gasteiger partial charge < -0.3 is 0 Å². The lowest BCUT2D eigenvalue weighted by molar-refractivity contribution is -0.137. The van der Waals surface area contributed by atoms with Gasteiger partial charge in [-0.2, -0.15) is 13.2 Å². The lowest BCUT2D eigenvalue weighted by Gasteiger charge is -2.13. The number of hydrogen-bond donors (Lipinski definition) is 1. The summed E-state index contributed by atoms with van der Waals surface area (Å²) in [5.74, 6) is 0. The van der Waals surface area contributed by atoms with E-state index in [0.717, 1.165) is 30.5 Å². The quantitative estimate of drug-likeness (QED) is 0.831. The summed E-state index contributed by atoms with van der Waals surface area (Å²) in [5, 5.41) is -0.575. The molecule has 0 atom stereocenters. The van der Waals surface area contributed by atoms with Crippen molar-refractivity contribution < 1.29 is 30.0 Å². The molecule has 0 saturated carbocycles. The van der Waals surface area contributed by atoms with Gasteiger partial charge in [-0.3, -0.25) is 4.72 Å². The van der Waals surface area contributed by atoms with Crippen LogP contribution in [0.25, 0.3) is 0 Å². The maximum absolute atomic E-state index is 12.8. The van der Waals surface area contributed by atoms with Gasteiger partial charge in [0.15, 0.2) is 9.84 Å². The largest absolute Gasteiger partial charge is 0.417 e. The van der Waals surface area contributed by atoms with Crippen molar-refractivity contribution in [3.8, 4) is 0 Å². The molecule has 2 aromatic carbocycles. The molecule has 0 spiro atoms. The topological polar surface area (TPSA) is 80.3 Å². The Morgan fingerprint density at radius 1 is 0.960 bits per heavy atom. The molecule has 0 aliphatic heterocycles. The fraction of sp³-hybridized carbons (Fsp3) is 0.143. The smallest absolute Gasteiger partial charge is 0.280 e. The molecule has 0 radical (unpaired) electrons. The Kier molecular flexibility index (Phi) is 5.08. The normalized spacial score (nSPS) is 12.8. The molecule has 136 valence electrons. The third-order valence-electron chi connectivity index (χ3n) is 3.07. The van der Waals surface area contributed by atoms with Crippen molar-refractivity contribution in [1.82, 2.24) is 0 Å². The summed E-state index contributed by atoms with van der Waals surface area (Å²) >= 11 is 5.48. The van der Waals surface area contributed by atoms with E-state index in [1.165, 1.54) is 12.1 Å². The first-order valence-corrected chi connectivity index (χ1v) is 10.3. The molecule has 0 bridgehead atoms. The molecule has 5 nitrogen and oxygen atoms in total. The highest BCUT2D eigenvalue weighted by molar-refractivity contribution is 7.93. The molecular formula is C14H11ClF3NO4S2. The Bertz CT molecular complexity index is 1020. The van der Waals surface area contributed by atoms with Crippen LogP contribution in [0.3, 0.4) is 0 Å². The predicted octanol–water partition coefficient (Wildman–Crippen LogP) is 3.56. The number of nitrogens with one attached hydrogen (secondary N) is 1. The Labute approximate surface area is 147 Å². The van der Waals surface area contributed by atoms with Gasteiger partial charge in [0.05, 0.1) is 20.4 Å². The summed E-state index contributed by atoms with van der Waals surface area (Å²) in [7, 11) is -7.94.